The van der Waals surface area contributed by atoms with E-state index in [-0.39, 0.29) is 18.0 Å². The van der Waals surface area contributed by atoms with Crippen LogP contribution in [0.15, 0.2) is 22.7 Å². The first kappa shape index (κ1) is 15.9. The Morgan fingerprint density at radius 3 is 2.90 bits per heavy atom. The van der Waals surface area contributed by atoms with Crippen molar-refractivity contribution < 1.29 is 9.13 Å². The third-order valence-electron chi connectivity index (χ3n) is 3.72. The summed E-state index contributed by atoms with van der Waals surface area (Å²) < 4.78 is 20.5. The molecule has 2 unspecified atom stereocenters. The maximum atomic E-state index is 14.2. The molecule has 1 saturated heterocycles. The van der Waals surface area contributed by atoms with Gasteiger partial charge in [0, 0.05) is 24.7 Å². The van der Waals surface area contributed by atoms with Crippen LogP contribution in [-0.2, 0) is 4.74 Å². The first-order valence-electron chi connectivity index (χ1n) is 6.80. The number of nitrogens with two attached hydrogens (primary N) is 1. The largest absolute Gasteiger partial charge is 0.374 e. The Hall–Kier alpha value is -0.530. The van der Waals surface area contributed by atoms with Crippen LogP contribution < -0.4 is 11.3 Å². The molecule has 4 nitrogen and oxygen atoms in total. The number of hydrogen-bond donors (Lipinski definition) is 2. The highest BCUT2D eigenvalue weighted by molar-refractivity contribution is 9.10. The van der Waals surface area contributed by atoms with Crippen molar-refractivity contribution in [3.63, 3.8) is 0 Å². The van der Waals surface area contributed by atoms with E-state index in [2.05, 4.69) is 40.1 Å². The fourth-order valence-electron chi connectivity index (χ4n) is 2.53. The molecule has 0 amide bonds. The molecule has 6 heteroatoms. The van der Waals surface area contributed by atoms with Gasteiger partial charge in [-0.05, 0) is 35.8 Å². The quantitative estimate of drug-likeness (QED) is 0.648. The zero-order valence-electron chi connectivity index (χ0n) is 11.8. The van der Waals surface area contributed by atoms with Crippen molar-refractivity contribution >= 4 is 15.9 Å². The third kappa shape index (κ3) is 3.38. The van der Waals surface area contributed by atoms with Gasteiger partial charge in [-0.3, -0.25) is 16.2 Å². The smallest absolute Gasteiger partial charge is 0.142 e. The summed E-state index contributed by atoms with van der Waals surface area (Å²) in [6.07, 6.45) is -0.167. The van der Waals surface area contributed by atoms with Crippen molar-refractivity contribution in [3.8, 4) is 0 Å². The zero-order valence-corrected chi connectivity index (χ0v) is 13.4. The molecule has 112 valence electrons. The molecule has 0 radical (unpaired) electrons. The minimum Gasteiger partial charge on any atom is -0.374 e. The van der Waals surface area contributed by atoms with Crippen LogP contribution in [0.4, 0.5) is 4.39 Å². The molecule has 2 atom stereocenters. The molecule has 1 fully saturated rings. The second kappa shape index (κ2) is 6.95. The van der Waals surface area contributed by atoms with Crippen LogP contribution in [0, 0.1) is 5.82 Å². The molecule has 1 aliphatic heterocycles. The van der Waals surface area contributed by atoms with Gasteiger partial charge in [0.1, 0.15) is 5.82 Å². The van der Waals surface area contributed by atoms with Crippen LogP contribution in [0.25, 0.3) is 0 Å². The number of hydrazine groups is 1. The van der Waals surface area contributed by atoms with Crippen LogP contribution in [0.5, 0.6) is 0 Å². The highest BCUT2D eigenvalue weighted by Gasteiger charge is 2.31. The van der Waals surface area contributed by atoms with E-state index < -0.39 is 0 Å². The van der Waals surface area contributed by atoms with Crippen molar-refractivity contribution in [1.82, 2.24) is 10.3 Å². The summed E-state index contributed by atoms with van der Waals surface area (Å²) >= 11 is 3.21. The van der Waals surface area contributed by atoms with E-state index in [1.54, 1.807) is 18.2 Å². The Morgan fingerprint density at radius 2 is 2.25 bits per heavy atom. The summed E-state index contributed by atoms with van der Waals surface area (Å²) in [5.74, 6) is 5.35. The molecule has 0 aliphatic carbocycles. The van der Waals surface area contributed by atoms with E-state index in [0.717, 1.165) is 13.1 Å². The Kier molecular flexibility index (Phi) is 5.51. The molecule has 20 heavy (non-hydrogen) atoms. The molecule has 0 saturated carbocycles. The van der Waals surface area contributed by atoms with Gasteiger partial charge in [-0.1, -0.05) is 12.1 Å². The van der Waals surface area contributed by atoms with Gasteiger partial charge in [0.25, 0.3) is 0 Å². The monoisotopic (exact) mass is 345 g/mol. The third-order valence-corrected chi connectivity index (χ3v) is 4.34. The lowest BCUT2D eigenvalue weighted by atomic mass is 9.99. The predicted octanol–water partition coefficient (Wildman–Crippen LogP) is 2.20. The standard InChI is InChI=1S/C14H21BrFN3O/c1-9(2)19-6-7-20-12(8-19)14(18-17)10-4-3-5-11(15)13(10)16/h3-5,9,12,14,18H,6-8,17H2,1-2H3. The van der Waals surface area contributed by atoms with Gasteiger partial charge in [-0.15, -0.1) is 0 Å². The fraction of sp³-hybridized carbons (Fsp3) is 0.571. The van der Waals surface area contributed by atoms with Gasteiger partial charge in [0.2, 0.25) is 0 Å². The second-order valence-corrected chi connectivity index (χ2v) is 6.14. The SMILES string of the molecule is CC(C)N1CCOC(C(NN)c2cccc(Br)c2F)C1. The summed E-state index contributed by atoms with van der Waals surface area (Å²) in [7, 11) is 0. The Labute approximate surface area is 127 Å². The second-order valence-electron chi connectivity index (χ2n) is 5.29. The van der Waals surface area contributed by atoms with E-state index in [4.69, 9.17) is 10.6 Å². The molecule has 2 rings (SSSR count). The van der Waals surface area contributed by atoms with E-state index >= 15 is 0 Å². The van der Waals surface area contributed by atoms with Crippen molar-refractivity contribution in [3.05, 3.63) is 34.1 Å². The first-order valence-corrected chi connectivity index (χ1v) is 7.59. The van der Waals surface area contributed by atoms with E-state index in [1.165, 1.54) is 0 Å². The highest BCUT2D eigenvalue weighted by atomic mass is 79.9. The van der Waals surface area contributed by atoms with Crippen molar-refractivity contribution in [2.45, 2.75) is 32.0 Å². The molecular formula is C14H21BrFN3O. The van der Waals surface area contributed by atoms with Gasteiger partial charge in [-0.25, -0.2) is 4.39 Å². The molecule has 1 aromatic rings. The number of ether oxygens (including phenoxy) is 1. The van der Waals surface area contributed by atoms with Gasteiger partial charge in [0.05, 0.1) is 23.2 Å². The Balaban J connectivity index is 2.21. The summed E-state index contributed by atoms with van der Waals surface area (Å²) in [5, 5.41) is 0. The van der Waals surface area contributed by atoms with E-state index in [9.17, 15) is 4.39 Å². The fourth-order valence-corrected chi connectivity index (χ4v) is 2.91. The molecule has 3 N–H and O–H groups in total. The highest BCUT2D eigenvalue weighted by Crippen LogP contribution is 2.28. The van der Waals surface area contributed by atoms with E-state index in [1.807, 2.05) is 0 Å². The summed E-state index contributed by atoms with van der Waals surface area (Å²) in [4.78, 5) is 2.31. The topological polar surface area (TPSA) is 50.5 Å². The number of nitrogens with zero attached hydrogens (tertiary/aromatic N) is 1. The van der Waals surface area contributed by atoms with Crippen molar-refractivity contribution in [2.75, 3.05) is 19.7 Å². The molecule has 0 bridgehead atoms. The Morgan fingerprint density at radius 1 is 1.50 bits per heavy atom. The van der Waals surface area contributed by atoms with E-state index in [0.29, 0.717) is 22.7 Å². The summed E-state index contributed by atoms with van der Waals surface area (Å²) in [5.41, 5.74) is 3.23. The average molecular weight is 346 g/mol. The minimum absolute atomic E-state index is 0.167. The Bertz CT molecular complexity index is 458. The van der Waals surface area contributed by atoms with Gasteiger partial charge < -0.3 is 4.74 Å². The lowest BCUT2D eigenvalue weighted by Gasteiger charge is -2.38. The molecular weight excluding hydrogens is 325 g/mol. The number of morpholine rings is 1. The van der Waals surface area contributed by atoms with Crippen molar-refractivity contribution in [1.29, 1.82) is 0 Å². The summed E-state index contributed by atoms with van der Waals surface area (Å²) in [6.45, 7) is 6.56. The summed E-state index contributed by atoms with van der Waals surface area (Å²) in [6, 6.07) is 5.29. The molecule has 0 spiro atoms. The van der Waals surface area contributed by atoms with Gasteiger partial charge in [-0.2, -0.15) is 0 Å². The molecule has 0 aromatic heterocycles. The van der Waals surface area contributed by atoms with Crippen LogP contribution in [0.1, 0.15) is 25.5 Å². The molecule has 1 heterocycles. The predicted molar refractivity (Wildman–Crippen MR) is 80.6 cm³/mol. The number of benzene rings is 1. The maximum absolute atomic E-state index is 14.2. The number of hydrogen-bond acceptors (Lipinski definition) is 4. The van der Waals surface area contributed by atoms with Crippen LogP contribution in [0.3, 0.4) is 0 Å². The van der Waals surface area contributed by atoms with Gasteiger partial charge >= 0.3 is 0 Å². The maximum Gasteiger partial charge on any atom is 0.142 e. The lowest BCUT2D eigenvalue weighted by molar-refractivity contribution is -0.0566. The van der Waals surface area contributed by atoms with Crippen LogP contribution in [-0.4, -0.2) is 36.7 Å². The average Bonchev–Trinajstić information content (AvgIpc) is 2.44. The first-order chi connectivity index (χ1) is 9.54. The number of halogens is 2. The van der Waals surface area contributed by atoms with Gasteiger partial charge in [0.15, 0.2) is 0 Å². The molecule has 1 aromatic carbocycles. The van der Waals surface area contributed by atoms with Crippen LogP contribution in [0.2, 0.25) is 0 Å². The lowest BCUT2D eigenvalue weighted by Crippen LogP contribution is -2.51. The minimum atomic E-state index is -0.367. The zero-order chi connectivity index (χ0) is 14.7. The van der Waals surface area contributed by atoms with Crippen molar-refractivity contribution in [2.24, 2.45) is 5.84 Å². The number of rotatable bonds is 4. The normalized spacial score (nSPS) is 22.2. The van der Waals surface area contributed by atoms with Crippen LogP contribution >= 0.6 is 15.9 Å². The number of nitrogens with one attached hydrogen (secondary N) is 1. The molecule has 1 aliphatic rings.